The smallest absolute Gasteiger partial charge is 0.316 e. The zero-order chi connectivity index (χ0) is 20.9. The first kappa shape index (κ1) is 20.0. The maximum Gasteiger partial charge on any atom is 0.316 e. The number of methoxy groups -OCH3 is 1. The molecule has 1 aromatic rings. The predicted octanol–water partition coefficient (Wildman–Crippen LogP) is 3.52. The molecule has 1 aliphatic heterocycles. The van der Waals surface area contributed by atoms with Crippen LogP contribution in [0.15, 0.2) is 18.2 Å². The maximum absolute atomic E-state index is 13.2. The fourth-order valence-corrected chi connectivity index (χ4v) is 6.69. The van der Waals surface area contributed by atoms with Gasteiger partial charge in [-0.1, -0.05) is 12.5 Å². The number of esters is 1. The van der Waals surface area contributed by atoms with Gasteiger partial charge in [0.2, 0.25) is 0 Å². The number of hydrogen-bond acceptors (Lipinski definition) is 5. The fraction of sp³-hybridized carbons (Fsp3) is 0.680. The SMILES string of the molecule is CCOC(=O)[C@@H]1CC2C3Cc4ccc(OC)cc4C2(CCN3CC2CCC2)CC1=O. The zero-order valence-electron chi connectivity index (χ0n) is 18.2. The third-order valence-corrected chi connectivity index (χ3v) is 8.43. The van der Waals surface area contributed by atoms with Gasteiger partial charge in [0, 0.05) is 24.4 Å². The van der Waals surface area contributed by atoms with Gasteiger partial charge < -0.3 is 9.47 Å². The van der Waals surface area contributed by atoms with Crippen molar-refractivity contribution in [3.8, 4) is 5.75 Å². The average molecular weight is 412 g/mol. The summed E-state index contributed by atoms with van der Waals surface area (Å²) in [6.07, 6.45) is 7.12. The summed E-state index contributed by atoms with van der Waals surface area (Å²) in [6.45, 7) is 4.35. The van der Waals surface area contributed by atoms with Crippen LogP contribution in [0.4, 0.5) is 0 Å². The van der Waals surface area contributed by atoms with Crippen molar-refractivity contribution in [2.45, 2.75) is 63.3 Å². The number of fused-ring (bicyclic) bond motifs is 1. The van der Waals surface area contributed by atoms with E-state index in [4.69, 9.17) is 9.47 Å². The summed E-state index contributed by atoms with van der Waals surface area (Å²) in [4.78, 5) is 28.5. The molecule has 1 heterocycles. The number of carbonyl (C=O) groups excluding carboxylic acids is 2. The van der Waals surface area contributed by atoms with E-state index in [1.165, 1.54) is 36.9 Å². The third kappa shape index (κ3) is 3.08. The molecule has 1 saturated heterocycles. The number of Topliss-reactive ketones (excluding diaryl/α,β-unsaturated/α-hetero) is 1. The van der Waals surface area contributed by atoms with Gasteiger partial charge in [0.05, 0.1) is 13.7 Å². The Hall–Kier alpha value is -1.88. The Morgan fingerprint density at radius 2 is 2.13 bits per heavy atom. The Labute approximate surface area is 179 Å². The summed E-state index contributed by atoms with van der Waals surface area (Å²) in [7, 11) is 1.70. The molecule has 0 radical (unpaired) electrons. The first-order valence-electron chi connectivity index (χ1n) is 11.7. The van der Waals surface area contributed by atoms with Gasteiger partial charge in [0.25, 0.3) is 0 Å². The first-order chi connectivity index (χ1) is 14.6. The predicted molar refractivity (Wildman–Crippen MR) is 114 cm³/mol. The number of nitrogens with zero attached hydrogens (tertiary/aromatic N) is 1. The summed E-state index contributed by atoms with van der Waals surface area (Å²) in [5.74, 6) is 1.14. The highest BCUT2D eigenvalue weighted by atomic mass is 16.5. The number of ether oxygens (including phenoxy) is 2. The first-order valence-corrected chi connectivity index (χ1v) is 11.7. The van der Waals surface area contributed by atoms with Crippen LogP contribution in [0.1, 0.15) is 56.6 Å². The molecule has 0 aromatic heterocycles. The molecule has 2 bridgehead atoms. The number of rotatable bonds is 5. The highest BCUT2D eigenvalue weighted by molar-refractivity contribution is 6.00. The lowest BCUT2D eigenvalue weighted by Gasteiger charge is -2.60. The highest BCUT2D eigenvalue weighted by Gasteiger charge is 2.58. The van der Waals surface area contributed by atoms with E-state index in [-0.39, 0.29) is 17.2 Å². The van der Waals surface area contributed by atoms with Crippen molar-refractivity contribution in [3.05, 3.63) is 29.3 Å². The van der Waals surface area contributed by atoms with Gasteiger partial charge in [-0.05, 0) is 80.7 Å². The van der Waals surface area contributed by atoms with E-state index in [0.717, 1.165) is 31.1 Å². The second kappa shape index (κ2) is 7.67. The summed E-state index contributed by atoms with van der Waals surface area (Å²) in [6, 6.07) is 6.82. The van der Waals surface area contributed by atoms with Crippen LogP contribution in [0.2, 0.25) is 0 Å². The van der Waals surface area contributed by atoms with Crippen LogP contribution in [0, 0.1) is 17.8 Å². The normalized spacial score (nSPS) is 33.3. The maximum atomic E-state index is 13.2. The van der Waals surface area contributed by atoms with Gasteiger partial charge in [0.1, 0.15) is 17.5 Å². The monoisotopic (exact) mass is 411 g/mol. The van der Waals surface area contributed by atoms with Crippen molar-refractivity contribution in [2.75, 3.05) is 26.8 Å². The van der Waals surface area contributed by atoms with Gasteiger partial charge in [-0.2, -0.15) is 0 Å². The van der Waals surface area contributed by atoms with E-state index in [9.17, 15) is 9.59 Å². The number of carbonyl (C=O) groups is 2. The van der Waals surface area contributed by atoms with E-state index in [0.29, 0.717) is 31.4 Å². The number of piperidine rings is 1. The molecule has 5 heteroatoms. The van der Waals surface area contributed by atoms with Crippen molar-refractivity contribution < 1.29 is 19.1 Å². The number of hydrogen-bond donors (Lipinski definition) is 0. The molecule has 4 atom stereocenters. The molecule has 162 valence electrons. The van der Waals surface area contributed by atoms with Crippen LogP contribution >= 0.6 is 0 Å². The average Bonchev–Trinajstić information content (AvgIpc) is 2.71. The lowest BCUT2D eigenvalue weighted by Crippen LogP contribution is -2.64. The number of ketones is 1. The Balaban J connectivity index is 1.53. The molecule has 0 amide bonds. The number of likely N-dealkylation sites (tertiary alicyclic amines) is 1. The minimum absolute atomic E-state index is 0.0616. The highest BCUT2D eigenvalue weighted by Crippen LogP contribution is 2.56. The standard InChI is InChI=1S/C25H33NO4/c1-3-30-24(28)19-13-21-22-11-17-7-8-18(29-2)12-20(17)25(21,14-23(19)27)9-10-26(22)15-16-5-4-6-16/h7-8,12,16,19,21-22H,3-6,9-11,13-15H2,1-2H3/t19-,21?,22?,25?/m1/s1. The van der Waals surface area contributed by atoms with Crippen molar-refractivity contribution in [1.29, 1.82) is 0 Å². The Morgan fingerprint density at radius 3 is 2.83 bits per heavy atom. The Bertz CT molecular complexity index is 848. The van der Waals surface area contributed by atoms with Crippen LogP contribution in [-0.2, 0) is 26.2 Å². The van der Waals surface area contributed by atoms with Crippen LogP contribution < -0.4 is 4.74 Å². The second-order valence-electron chi connectivity index (χ2n) is 9.78. The van der Waals surface area contributed by atoms with Crippen molar-refractivity contribution >= 4 is 11.8 Å². The minimum Gasteiger partial charge on any atom is -0.497 e. The van der Waals surface area contributed by atoms with Gasteiger partial charge in [-0.25, -0.2) is 0 Å². The van der Waals surface area contributed by atoms with E-state index >= 15 is 0 Å². The molecule has 3 aliphatic carbocycles. The third-order valence-electron chi connectivity index (χ3n) is 8.43. The minimum atomic E-state index is -0.596. The van der Waals surface area contributed by atoms with Crippen molar-refractivity contribution in [3.63, 3.8) is 0 Å². The molecule has 3 fully saturated rings. The summed E-state index contributed by atoms with van der Waals surface area (Å²) in [5, 5.41) is 0. The van der Waals surface area contributed by atoms with Gasteiger partial charge in [-0.3, -0.25) is 14.5 Å². The lowest BCUT2D eigenvalue weighted by atomic mass is 9.50. The van der Waals surface area contributed by atoms with Crippen LogP contribution in [-0.4, -0.2) is 49.5 Å². The lowest BCUT2D eigenvalue weighted by molar-refractivity contribution is -0.157. The van der Waals surface area contributed by atoms with Gasteiger partial charge in [-0.15, -0.1) is 0 Å². The molecule has 30 heavy (non-hydrogen) atoms. The molecule has 5 rings (SSSR count). The van der Waals surface area contributed by atoms with E-state index in [1.807, 2.05) is 13.0 Å². The molecule has 1 aromatic carbocycles. The van der Waals surface area contributed by atoms with Crippen molar-refractivity contribution in [2.24, 2.45) is 17.8 Å². The van der Waals surface area contributed by atoms with Crippen LogP contribution in [0.25, 0.3) is 0 Å². The fourth-order valence-electron chi connectivity index (χ4n) is 6.69. The molecule has 4 aliphatic rings. The van der Waals surface area contributed by atoms with Crippen LogP contribution in [0.5, 0.6) is 5.75 Å². The number of benzene rings is 1. The van der Waals surface area contributed by atoms with Gasteiger partial charge in [0.15, 0.2) is 0 Å². The summed E-state index contributed by atoms with van der Waals surface area (Å²) < 4.78 is 10.8. The zero-order valence-corrected chi connectivity index (χ0v) is 18.2. The summed E-state index contributed by atoms with van der Waals surface area (Å²) >= 11 is 0. The van der Waals surface area contributed by atoms with E-state index in [1.54, 1.807) is 7.11 Å². The molecular weight excluding hydrogens is 378 g/mol. The van der Waals surface area contributed by atoms with Crippen LogP contribution in [0.3, 0.4) is 0 Å². The van der Waals surface area contributed by atoms with E-state index in [2.05, 4.69) is 17.0 Å². The largest absolute Gasteiger partial charge is 0.497 e. The second-order valence-corrected chi connectivity index (χ2v) is 9.78. The molecule has 0 N–H and O–H groups in total. The molecule has 0 spiro atoms. The summed E-state index contributed by atoms with van der Waals surface area (Å²) in [5.41, 5.74) is 2.49. The molecular formula is C25H33NO4. The van der Waals surface area contributed by atoms with E-state index < -0.39 is 5.92 Å². The molecule has 3 unspecified atom stereocenters. The Kier molecular flexibility index (Phi) is 5.12. The quantitative estimate of drug-likeness (QED) is 0.548. The van der Waals surface area contributed by atoms with Crippen molar-refractivity contribution in [1.82, 2.24) is 4.90 Å². The molecule has 2 saturated carbocycles. The Morgan fingerprint density at radius 1 is 1.30 bits per heavy atom. The van der Waals surface area contributed by atoms with Gasteiger partial charge >= 0.3 is 5.97 Å². The topological polar surface area (TPSA) is 55.8 Å². The molecule has 5 nitrogen and oxygen atoms in total.